The number of nitrogens with zero attached hydrogens (tertiary/aromatic N) is 1. The molecule has 12 atom stereocenters. The molecule has 1 heterocycles. The van der Waals surface area contributed by atoms with Crippen molar-refractivity contribution in [3.63, 3.8) is 0 Å². The fraction of sp³-hybridized carbons (Fsp3) is 1.00. The molecule has 0 radical (unpaired) electrons. The SMILES string of the molecule is Br.CCN1C[C@]2(O)CC[C@H](OC)[C@]34C1[C@H](C[C@H]23)[C@@]1(O)CC(OC)[C@H]2C[C@@H]4[C@]1(O)[C@H]2OC. The number of hydrogen-bond donors (Lipinski definition) is 3. The van der Waals surface area contributed by atoms with Gasteiger partial charge in [-0.05, 0) is 38.1 Å². The summed E-state index contributed by atoms with van der Waals surface area (Å²) in [5, 5.41) is 36.8. The van der Waals surface area contributed by atoms with Gasteiger partial charge in [-0.25, -0.2) is 0 Å². The maximum atomic E-state index is 12.4. The van der Waals surface area contributed by atoms with Crippen LogP contribution in [0.1, 0.15) is 39.0 Å². The Balaban J connectivity index is 0.00000204. The van der Waals surface area contributed by atoms with Crippen LogP contribution >= 0.6 is 17.0 Å². The van der Waals surface area contributed by atoms with Crippen LogP contribution in [0, 0.1) is 29.1 Å². The number of ether oxygens (including phenoxy) is 3. The lowest BCUT2D eigenvalue weighted by Crippen LogP contribution is -2.83. The van der Waals surface area contributed by atoms with Gasteiger partial charge in [0.2, 0.25) is 0 Å². The Kier molecular flexibility index (Phi) is 5.09. The molecule has 5 aliphatic carbocycles. The van der Waals surface area contributed by atoms with E-state index in [9.17, 15) is 15.3 Å². The van der Waals surface area contributed by atoms with E-state index >= 15 is 0 Å². The van der Waals surface area contributed by atoms with E-state index in [1.165, 1.54) is 0 Å². The van der Waals surface area contributed by atoms with E-state index in [0.29, 0.717) is 13.0 Å². The molecule has 7 bridgehead atoms. The van der Waals surface area contributed by atoms with Gasteiger partial charge in [-0.3, -0.25) is 4.90 Å². The highest BCUT2D eigenvalue weighted by atomic mass is 79.9. The van der Waals surface area contributed by atoms with E-state index in [0.717, 1.165) is 32.2 Å². The van der Waals surface area contributed by atoms with Crippen molar-refractivity contribution in [2.24, 2.45) is 29.1 Å². The number of piperidine rings is 1. The van der Waals surface area contributed by atoms with Crippen LogP contribution in [0.25, 0.3) is 0 Å². The molecule has 6 fully saturated rings. The van der Waals surface area contributed by atoms with Crippen molar-refractivity contribution in [1.82, 2.24) is 4.90 Å². The quantitative estimate of drug-likeness (QED) is 0.526. The second-order valence-corrected chi connectivity index (χ2v) is 11.1. The standard InChI is InChI=1S/C23H37NO6.BrH/c1-5-24-11-20(25)7-6-17(29-3)22-15(20)9-13(18(22)24)21(26)10-14(28-2)12-8-16(22)23(21,27)19(12)30-4;/h12-19,25-27H,5-11H2,1-4H3;1H/t12-,13+,14?,15-,16+,17+,18?,19+,20-,21+,22+,23+;/m1./s1. The minimum Gasteiger partial charge on any atom is -0.388 e. The minimum absolute atomic E-state index is 0. The number of fused-ring (bicyclic) bond motifs is 2. The Morgan fingerprint density at radius 1 is 1.00 bits per heavy atom. The predicted molar refractivity (Wildman–Crippen MR) is 118 cm³/mol. The summed E-state index contributed by atoms with van der Waals surface area (Å²) in [7, 11) is 5.13. The van der Waals surface area contributed by atoms with Crippen molar-refractivity contribution < 1.29 is 29.5 Å². The zero-order valence-electron chi connectivity index (χ0n) is 19.0. The molecule has 31 heavy (non-hydrogen) atoms. The fourth-order valence-electron chi connectivity index (χ4n) is 10.3. The molecule has 0 aromatic heterocycles. The normalized spacial score (nSPS) is 61.3. The highest BCUT2D eigenvalue weighted by Gasteiger charge is 2.88. The third kappa shape index (κ3) is 2.17. The Morgan fingerprint density at radius 3 is 2.35 bits per heavy atom. The molecular formula is C23H38BrNO6. The number of halogens is 1. The summed E-state index contributed by atoms with van der Waals surface area (Å²) >= 11 is 0. The second kappa shape index (κ2) is 6.87. The Hall–Kier alpha value is 0.200. The molecule has 0 aromatic carbocycles. The first-order chi connectivity index (χ1) is 14.3. The van der Waals surface area contributed by atoms with E-state index in [2.05, 4.69) is 11.8 Å². The zero-order valence-corrected chi connectivity index (χ0v) is 20.7. The molecule has 3 N–H and O–H groups in total. The largest absolute Gasteiger partial charge is 0.388 e. The predicted octanol–water partition coefficient (Wildman–Crippen LogP) is 0.976. The van der Waals surface area contributed by atoms with Crippen LogP contribution in [0.2, 0.25) is 0 Å². The van der Waals surface area contributed by atoms with Crippen LogP contribution in [0.4, 0.5) is 0 Å². The molecule has 1 spiro atoms. The van der Waals surface area contributed by atoms with Gasteiger partial charge < -0.3 is 29.5 Å². The molecule has 6 rings (SSSR count). The molecule has 178 valence electrons. The molecule has 1 aliphatic heterocycles. The lowest BCUT2D eigenvalue weighted by molar-refractivity contribution is -0.338. The van der Waals surface area contributed by atoms with Crippen LogP contribution in [0.5, 0.6) is 0 Å². The van der Waals surface area contributed by atoms with Crippen LogP contribution in [0.3, 0.4) is 0 Å². The fourth-order valence-corrected chi connectivity index (χ4v) is 10.3. The van der Waals surface area contributed by atoms with Gasteiger partial charge in [0.05, 0.1) is 23.9 Å². The van der Waals surface area contributed by atoms with Gasteiger partial charge in [0.1, 0.15) is 11.2 Å². The van der Waals surface area contributed by atoms with Crippen molar-refractivity contribution in [2.45, 2.75) is 80.2 Å². The zero-order chi connectivity index (χ0) is 21.3. The number of hydrogen-bond acceptors (Lipinski definition) is 7. The summed E-state index contributed by atoms with van der Waals surface area (Å²) in [6.45, 7) is 3.62. The van der Waals surface area contributed by atoms with Gasteiger partial charge in [0.25, 0.3) is 0 Å². The summed E-state index contributed by atoms with van der Waals surface area (Å²) in [6.07, 6.45) is 2.77. The molecule has 5 saturated carbocycles. The molecule has 6 aliphatic rings. The number of aliphatic hydroxyl groups is 3. The minimum atomic E-state index is -1.34. The van der Waals surface area contributed by atoms with Crippen molar-refractivity contribution in [2.75, 3.05) is 34.4 Å². The summed E-state index contributed by atoms with van der Waals surface area (Å²) in [5.41, 5.74) is -3.81. The smallest absolute Gasteiger partial charge is 0.124 e. The molecule has 1 saturated heterocycles. The molecule has 7 nitrogen and oxygen atoms in total. The van der Waals surface area contributed by atoms with E-state index < -0.39 is 22.9 Å². The van der Waals surface area contributed by atoms with Crippen LogP contribution in [-0.4, -0.2) is 95.8 Å². The molecule has 8 heteroatoms. The van der Waals surface area contributed by atoms with Gasteiger partial charge in [0.15, 0.2) is 0 Å². The average molecular weight is 504 g/mol. The summed E-state index contributed by atoms with van der Waals surface area (Å²) in [4.78, 5) is 2.40. The number of β-amino-alcohol motifs (C(OH)–C–C–N with tert-alkyl or cyclic N) is 1. The molecule has 0 amide bonds. The third-order valence-corrected chi connectivity index (χ3v) is 10.9. The van der Waals surface area contributed by atoms with Gasteiger partial charge in [-0.15, -0.1) is 17.0 Å². The van der Waals surface area contributed by atoms with E-state index in [1.54, 1.807) is 21.3 Å². The topological polar surface area (TPSA) is 91.6 Å². The van der Waals surface area contributed by atoms with E-state index in [-0.39, 0.29) is 64.3 Å². The van der Waals surface area contributed by atoms with Crippen molar-refractivity contribution in [3.05, 3.63) is 0 Å². The number of methoxy groups -OCH3 is 3. The van der Waals surface area contributed by atoms with Crippen LogP contribution in [-0.2, 0) is 14.2 Å². The Morgan fingerprint density at radius 2 is 1.74 bits per heavy atom. The number of likely N-dealkylation sites (tertiary alicyclic amines) is 1. The molecule has 0 aromatic rings. The van der Waals surface area contributed by atoms with Gasteiger partial charge in [-0.2, -0.15) is 0 Å². The Labute approximate surface area is 195 Å². The molecular weight excluding hydrogens is 466 g/mol. The lowest BCUT2D eigenvalue weighted by Gasteiger charge is -2.70. The maximum Gasteiger partial charge on any atom is 0.124 e. The van der Waals surface area contributed by atoms with Gasteiger partial charge in [-0.1, -0.05) is 6.92 Å². The lowest BCUT2D eigenvalue weighted by atomic mass is 9.44. The van der Waals surface area contributed by atoms with E-state index in [4.69, 9.17) is 14.2 Å². The number of likely N-dealkylation sites (N-methyl/N-ethyl adjacent to an activating group) is 1. The van der Waals surface area contributed by atoms with Crippen LogP contribution in [0.15, 0.2) is 0 Å². The van der Waals surface area contributed by atoms with E-state index in [1.807, 2.05) is 0 Å². The maximum absolute atomic E-state index is 12.4. The summed E-state index contributed by atoms with van der Waals surface area (Å²) in [6, 6.07) is 0.0974. The van der Waals surface area contributed by atoms with Gasteiger partial charge >= 0.3 is 0 Å². The number of rotatable bonds is 4. The highest BCUT2D eigenvalue weighted by molar-refractivity contribution is 8.93. The average Bonchev–Trinajstić information content (AvgIpc) is 3.16. The molecule has 2 unspecified atom stereocenters. The first kappa shape index (κ1) is 23.0. The monoisotopic (exact) mass is 503 g/mol. The third-order valence-electron chi connectivity index (χ3n) is 10.9. The van der Waals surface area contributed by atoms with Crippen molar-refractivity contribution in [3.8, 4) is 0 Å². The summed E-state index contributed by atoms with van der Waals surface area (Å²) in [5.74, 6) is -0.262. The van der Waals surface area contributed by atoms with Crippen molar-refractivity contribution in [1.29, 1.82) is 0 Å². The first-order valence-electron chi connectivity index (χ1n) is 11.8. The highest BCUT2D eigenvalue weighted by Crippen LogP contribution is 2.78. The Bertz CT molecular complexity index is 758. The first-order valence-corrected chi connectivity index (χ1v) is 11.8. The van der Waals surface area contributed by atoms with Gasteiger partial charge in [0, 0.05) is 63.5 Å². The van der Waals surface area contributed by atoms with Crippen LogP contribution < -0.4 is 0 Å². The summed E-state index contributed by atoms with van der Waals surface area (Å²) < 4.78 is 18.0. The van der Waals surface area contributed by atoms with Crippen molar-refractivity contribution >= 4 is 17.0 Å². The second-order valence-electron chi connectivity index (χ2n) is 11.1.